The maximum Gasteiger partial charge on any atom is 0.420 e. The molecule has 2 fully saturated rings. The molecule has 24 heavy (non-hydrogen) atoms. The highest BCUT2D eigenvalue weighted by Crippen LogP contribution is 2.29. The summed E-state index contributed by atoms with van der Waals surface area (Å²) in [6.45, 7) is 6.76. The molecule has 2 unspecified atom stereocenters. The Balaban J connectivity index is 1.81. The van der Waals surface area contributed by atoms with Gasteiger partial charge in [-0.05, 0) is 11.6 Å². The van der Waals surface area contributed by atoms with Crippen molar-refractivity contribution in [3.05, 3.63) is 16.3 Å². The van der Waals surface area contributed by atoms with E-state index in [9.17, 15) is 14.9 Å². The predicted molar refractivity (Wildman–Crippen MR) is 83.2 cm³/mol. The Labute approximate surface area is 137 Å². The number of anilines is 1. The van der Waals surface area contributed by atoms with Crippen molar-refractivity contribution in [1.29, 1.82) is 0 Å². The summed E-state index contributed by atoms with van der Waals surface area (Å²) in [7, 11) is 1.46. The number of aliphatic imine (C=N–C) groups is 1. The standard InChI is InChI=1S/C13H18N6O5/c1-14-11-9(8-17-3-5-23-6-4-17)24-13(20)18(11)12-15-7-10(16(12)2)19(21)22/h7,9,11H,1,3-6,8H2,2H3. The van der Waals surface area contributed by atoms with E-state index in [1.807, 2.05) is 0 Å². The van der Waals surface area contributed by atoms with Crippen LogP contribution in [0.2, 0.25) is 0 Å². The van der Waals surface area contributed by atoms with Crippen LogP contribution in [0.3, 0.4) is 0 Å². The van der Waals surface area contributed by atoms with Crippen molar-refractivity contribution in [2.75, 3.05) is 37.7 Å². The number of imidazole rings is 1. The summed E-state index contributed by atoms with van der Waals surface area (Å²) in [5.74, 6) is -0.120. The van der Waals surface area contributed by atoms with E-state index in [0.29, 0.717) is 19.8 Å². The lowest BCUT2D eigenvalue weighted by atomic mass is 10.2. The van der Waals surface area contributed by atoms with Crippen LogP contribution in [-0.2, 0) is 16.5 Å². The number of carbonyl (C=O) groups is 1. The van der Waals surface area contributed by atoms with Gasteiger partial charge in [-0.1, -0.05) is 0 Å². The SMILES string of the molecule is C=NC1C(CN2CCOCC2)OC(=O)N1c1ncc([N+](=O)[O-])n1C. The number of morpholine rings is 1. The molecule has 0 N–H and O–H groups in total. The molecule has 11 heteroatoms. The van der Waals surface area contributed by atoms with Gasteiger partial charge in [-0.3, -0.25) is 9.89 Å². The molecular weight excluding hydrogens is 320 g/mol. The molecule has 3 heterocycles. The van der Waals surface area contributed by atoms with Gasteiger partial charge >= 0.3 is 17.9 Å². The first-order valence-corrected chi connectivity index (χ1v) is 7.45. The maximum atomic E-state index is 12.3. The number of carbonyl (C=O) groups excluding carboxylic acids is 1. The molecule has 11 nitrogen and oxygen atoms in total. The lowest BCUT2D eigenvalue weighted by Gasteiger charge is -2.29. The number of hydrogen-bond donors (Lipinski definition) is 0. The summed E-state index contributed by atoms with van der Waals surface area (Å²) >= 11 is 0. The normalized spacial score (nSPS) is 24.9. The zero-order valence-corrected chi connectivity index (χ0v) is 13.2. The van der Waals surface area contributed by atoms with Crippen LogP contribution >= 0.6 is 0 Å². The molecule has 0 bridgehead atoms. The van der Waals surface area contributed by atoms with Crippen LogP contribution in [0, 0.1) is 10.1 Å². The highest BCUT2D eigenvalue weighted by atomic mass is 16.6. The Bertz CT molecular complexity index is 655. The Hall–Kier alpha value is -2.53. The Morgan fingerprint density at radius 3 is 2.79 bits per heavy atom. The molecule has 1 amide bonds. The minimum absolute atomic E-state index is 0.105. The largest absolute Gasteiger partial charge is 0.440 e. The van der Waals surface area contributed by atoms with Crippen LogP contribution < -0.4 is 4.90 Å². The van der Waals surface area contributed by atoms with E-state index in [4.69, 9.17) is 9.47 Å². The highest BCUT2D eigenvalue weighted by molar-refractivity contribution is 5.89. The van der Waals surface area contributed by atoms with Gasteiger partial charge in [0.25, 0.3) is 0 Å². The number of rotatable bonds is 5. The van der Waals surface area contributed by atoms with Crippen LogP contribution in [0.25, 0.3) is 0 Å². The molecule has 0 aromatic carbocycles. The van der Waals surface area contributed by atoms with Gasteiger partial charge in [-0.15, -0.1) is 0 Å². The van der Waals surface area contributed by atoms with E-state index in [1.54, 1.807) is 0 Å². The van der Waals surface area contributed by atoms with Gasteiger partial charge in [-0.25, -0.2) is 4.79 Å². The third-order valence-corrected chi connectivity index (χ3v) is 4.12. The number of ether oxygens (including phenoxy) is 2. The molecule has 0 aliphatic carbocycles. The monoisotopic (exact) mass is 338 g/mol. The zero-order valence-electron chi connectivity index (χ0n) is 13.2. The predicted octanol–water partition coefficient (Wildman–Crippen LogP) is 0.0124. The quantitative estimate of drug-likeness (QED) is 0.422. The Kier molecular flexibility index (Phi) is 4.44. The first-order chi connectivity index (χ1) is 11.5. The number of nitrogens with zero attached hydrogens (tertiary/aromatic N) is 6. The number of nitro groups is 1. The second-order valence-corrected chi connectivity index (χ2v) is 5.53. The fourth-order valence-corrected chi connectivity index (χ4v) is 2.87. The highest BCUT2D eigenvalue weighted by Gasteiger charge is 2.46. The molecule has 1 aromatic rings. The van der Waals surface area contributed by atoms with E-state index in [-0.39, 0.29) is 11.8 Å². The van der Waals surface area contributed by atoms with E-state index in [1.165, 1.54) is 16.5 Å². The molecular formula is C13H18N6O5. The summed E-state index contributed by atoms with van der Waals surface area (Å²) in [6.07, 6.45) is -0.767. The number of aromatic nitrogens is 2. The van der Waals surface area contributed by atoms with Gasteiger partial charge in [0.1, 0.15) is 6.20 Å². The molecule has 3 rings (SSSR count). The van der Waals surface area contributed by atoms with Gasteiger partial charge < -0.3 is 19.6 Å². The van der Waals surface area contributed by atoms with Crippen LogP contribution in [0.15, 0.2) is 11.2 Å². The van der Waals surface area contributed by atoms with Crippen LogP contribution in [-0.4, -0.2) is 77.3 Å². The van der Waals surface area contributed by atoms with E-state index < -0.39 is 23.3 Å². The minimum Gasteiger partial charge on any atom is -0.440 e. The van der Waals surface area contributed by atoms with E-state index in [0.717, 1.165) is 19.3 Å². The van der Waals surface area contributed by atoms with Gasteiger partial charge in [0.2, 0.25) is 0 Å². The molecule has 0 saturated carbocycles. The van der Waals surface area contributed by atoms with Crippen molar-refractivity contribution < 1.29 is 19.2 Å². The van der Waals surface area contributed by atoms with Crippen LogP contribution in [0.5, 0.6) is 0 Å². The number of amides is 1. The van der Waals surface area contributed by atoms with Gasteiger partial charge in [0.15, 0.2) is 12.3 Å². The van der Waals surface area contributed by atoms with Gasteiger partial charge in [0, 0.05) is 19.6 Å². The van der Waals surface area contributed by atoms with Crippen LogP contribution in [0.1, 0.15) is 0 Å². The molecule has 2 aliphatic heterocycles. The first-order valence-electron chi connectivity index (χ1n) is 7.45. The average Bonchev–Trinajstić information content (AvgIpc) is 3.07. The molecule has 2 atom stereocenters. The third-order valence-electron chi connectivity index (χ3n) is 4.12. The van der Waals surface area contributed by atoms with Crippen molar-refractivity contribution in [3.63, 3.8) is 0 Å². The average molecular weight is 338 g/mol. The van der Waals surface area contributed by atoms with Crippen molar-refractivity contribution in [3.8, 4) is 0 Å². The summed E-state index contributed by atoms with van der Waals surface area (Å²) < 4.78 is 11.9. The maximum absolute atomic E-state index is 12.3. The fourth-order valence-electron chi connectivity index (χ4n) is 2.87. The Morgan fingerprint density at radius 2 is 2.21 bits per heavy atom. The second-order valence-electron chi connectivity index (χ2n) is 5.53. The first kappa shape index (κ1) is 16.3. The van der Waals surface area contributed by atoms with Crippen LogP contribution in [0.4, 0.5) is 16.6 Å². The number of cyclic esters (lactones) is 1. The summed E-state index contributed by atoms with van der Waals surface area (Å²) in [5.41, 5.74) is 0. The summed E-state index contributed by atoms with van der Waals surface area (Å²) in [6, 6.07) is 0. The topological polar surface area (TPSA) is 115 Å². The van der Waals surface area contributed by atoms with Gasteiger partial charge in [-0.2, -0.15) is 14.5 Å². The smallest absolute Gasteiger partial charge is 0.420 e. The minimum atomic E-state index is -0.693. The lowest BCUT2D eigenvalue weighted by Crippen LogP contribution is -2.45. The molecule has 0 radical (unpaired) electrons. The van der Waals surface area contributed by atoms with Crippen molar-refractivity contribution in [1.82, 2.24) is 14.5 Å². The summed E-state index contributed by atoms with van der Waals surface area (Å²) in [5, 5.41) is 11.0. The van der Waals surface area contributed by atoms with E-state index in [2.05, 4.69) is 21.6 Å². The number of hydrogen-bond acceptors (Lipinski definition) is 8. The third kappa shape index (κ3) is 2.83. The zero-order chi connectivity index (χ0) is 17.3. The van der Waals surface area contributed by atoms with E-state index >= 15 is 0 Å². The van der Waals surface area contributed by atoms with Crippen molar-refractivity contribution >= 4 is 24.6 Å². The molecule has 130 valence electrons. The van der Waals surface area contributed by atoms with Crippen molar-refractivity contribution in [2.45, 2.75) is 12.3 Å². The molecule has 0 spiro atoms. The molecule has 2 aliphatic rings. The van der Waals surface area contributed by atoms with Crippen molar-refractivity contribution in [2.24, 2.45) is 12.0 Å². The molecule has 2 saturated heterocycles. The second kappa shape index (κ2) is 6.53. The van der Waals surface area contributed by atoms with Gasteiger partial charge in [0.05, 0.1) is 20.3 Å². The fraction of sp³-hybridized carbons (Fsp3) is 0.615. The Morgan fingerprint density at radius 1 is 1.50 bits per heavy atom. The molecule has 1 aromatic heterocycles. The summed E-state index contributed by atoms with van der Waals surface area (Å²) in [4.78, 5) is 33.9. The lowest BCUT2D eigenvalue weighted by molar-refractivity contribution is -0.391.